The predicted octanol–water partition coefficient (Wildman–Crippen LogP) is 20.5. The highest BCUT2D eigenvalue weighted by Gasteiger charge is 2.30. The summed E-state index contributed by atoms with van der Waals surface area (Å²) in [5, 5.41) is 10.6. The lowest BCUT2D eigenvalue weighted by molar-refractivity contribution is -0.161. The average Bonchev–Trinajstić information content (AvgIpc) is 3.68. The lowest BCUT2D eigenvalue weighted by Crippen LogP contribution is -2.30. The Labute approximate surface area is 554 Å². The van der Waals surface area contributed by atoms with Crippen LogP contribution in [0.2, 0.25) is 0 Å². The summed E-state index contributed by atoms with van der Waals surface area (Å²) >= 11 is 0. The largest absolute Gasteiger partial charge is 0.472 e. The SMILES string of the molecule is CCCCCC/C=C\C=C/CCCCCCCC(=O)O[C@H](COC(=O)CCCCCCCCCCCCCC(C)C)COP(=O)(O)OC[C@@H](O)COP(=O)(O)OC[C@@H](COC(=O)CCCCCCCCCCCC)OC(=O)CCCCCCCCCCCCCC. The van der Waals surface area contributed by atoms with Crippen LogP contribution in [0, 0.1) is 5.92 Å². The van der Waals surface area contributed by atoms with Gasteiger partial charge in [0, 0.05) is 25.7 Å². The van der Waals surface area contributed by atoms with E-state index in [2.05, 4.69) is 58.9 Å². The molecule has 536 valence electrons. The number of ether oxygens (including phenoxy) is 4. The number of carbonyl (C=O) groups is 4. The van der Waals surface area contributed by atoms with Crippen LogP contribution in [-0.2, 0) is 65.4 Å². The van der Waals surface area contributed by atoms with Crippen LogP contribution in [-0.4, -0.2) is 96.7 Å². The van der Waals surface area contributed by atoms with Gasteiger partial charge in [-0.25, -0.2) is 9.13 Å². The van der Waals surface area contributed by atoms with E-state index in [1.807, 2.05) is 0 Å². The number of aliphatic hydroxyl groups is 1. The Bertz CT molecular complexity index is 1850. The number of rotatable bonds is 70. The molecule has 0 spiro atoms. The molecule has 0 aromatic rings. The van der Waals surface area contributed by atoms with E-state index in [0.717, 1.165) is 109 Å². The minimum atomic E-state index is -4.96. The zero-order valence-electron chi connectivity index (χ0n) is 58.5. The highest BCUT2D eigenvalue weighted by Crippen LogP contribution is 2.45. The monoisotopic (exact) mass is 1330 g/mol. The molecule has 19 heteroatoms. The number of unbranched alkanes of at least 4 members (excludes halogenated alkanes) is 39. The van der Waals surface area contributed by atoms with Gasteiger partial charge in [-0.1, -0.05) is 296 Å². The molecule has 0 aromatic carbocycles. The van der Waals surface area contributed by atoms with E-state index in [1.54, 1.807) is 0 Å². The molecule has 0 aliphatic rings. The molecule has 0 bridgehead atoms. The lowest BCUT2D eigenvalue weighted by Gasteiger charge is -2.21. The van der Waals surface area contributed by atoms with Gasteiger partial charge in [0.05, 0.1) is 26.4 Å². The fourth-order valence-corrected chi connectivity index (χ4v) is 12.0. The molecule has 17 nitrogen and oxygen atoms in total. The van der Waals surface area contributed by atoms with Crippen LogP contribution in [0.15, 0.2) is 24.3 Å². The number of carbonyl (C=O) groups excluding carboxylic acids is 4. The number of aliphatic hydroxyl groups excluding tert-OH is 1. The third-order valence-electron chi connectivity index (χ3n) is 16.2. The number of phosphoric ester groups is 2. The first-order valence-corrected chi connectivity index (χ1v) is 39.9. The molecule has 2 unspecified atom stereocenters. The van der Waals surface area contributed by atoms with E-state index in [-0.39, 0.29) is 25.7 Å². The van der Waals surface area contributed by atoms with Gasteiger partial charge in [0.25, 0.3) is 0 Å². The minimum absolute atomic E-state index is 0.0852. The Morgan fingerprint density at radius 3 is 0.901 bits per heavy atom. The standard InChI is InChI=1S/C72H136O17P2/c1-6-9-12-15-18-21-24-26-27-28-32-38-43-48-53-58-72(77)89-68(62-83-70(75)56-51-46-41-36-33-29-30-34-39-44-49-54-65(4)5)64-87-91(80,81)85-60-66(73)59-84-90(78,79)86-63-67(61-82-69(74)55-50-45-40-35-23-20-17-14-11-8-3)88-71(76)57-52-47-42-37-31-25-22-19-16-13-10-7-2/h21,24,26-27,65-68,73H,6-20,22-23,25,28-64H2,1-5H3,(H,78,79)(H,80,81)/b24-21-,27-26-/t66-,67+,68+/m0/s1. The van der Waals surface area contributed by atoms with Gasteiger partial charge in [0.15, 0.2) is 12.2 Å². The van der Waals surface area contributed by atoms with Gasteiger partial charge < -0.3 is 33.8 Å². The summed E-state index contributed by atoms with van der Waals surface area (Å²) in [5.74, 6) is -1.38. The normalized spacial score (nSPS) is 14.2. The quantitative estimate of drug-likeness (QED) is 0.0169. The van der Waals surface area contributed by atoms with E-state index in [0.29, 0.717) is 25.7 Å². The molecule has 0 aliphatic carbocycles. The predicted molar refractivity (Wildman–Crippen MR) is 368 cm³/mol. The van der Waals surface area contributed by atoms with E-state index >= 15 is 0 Å². The average molecular weight is 1340 g/mol. The molecule has 0 amide bonds. The van der Waals surface area contributed by atoms with Crippen molar-refractivity contribution in [2.24, 2.45) is 5.92 Å². The van der Waals surface area contributed by atoms with Crippen molar-refractivity contribution < 1.29 is 80.2 Å². The first-order chi connectivity index (χ1) is 44.0. The molecule has 0 saturated heterocycles. The lowest BCUT2D eigenvalue weighted by atomic mass is 10.0. The number of phosphoric acid groups is 2. The van der Waals surface area contributed by atoms with Crippen LogP contribution in [0.5, 0.6) is 0 Å². The first-order valence-electron chi connectivity index (χ1n) is 37.0. The highest BCUT2D eigenvalue weighted by atomic mass is 31.2. The van der Waals surface area contributed by atoms with E-state index in [9.17, 15) is 43.2 Å². The van der Waals surface area contributed by atoms with Gasteiger partial charge in [-0.15, -0.1) is 0 Å². The molecule has 91 heavy (non-hydrogen) atoms. The second-order valence-electron chi connectivity index (χ2n) is 25.8. The summed E-state index contributed by atoms with van der Waals surface area (Å²) in [6.45, 7) is 7.19. The summed E-state index contributed by atoms with van der Waals surface area (Å²) in [7, 11) is -9.91. The van der Waals surface area contributed by atoms with Gasteiger partial charge in [0.1, 0.15) is 19.3 Å². The van der Waals surface area contributed by atoms with Crippen LogP contribution >= 0.6 is 15.6 Å². The van der Waals surface area contributed by atoms with E-state index < -0.39 is 97.5 Å². The third kappa shape index (κ3) is 66.0. The Morgan fingerprint density at radius 2 is 0.593 bits per heavy atom. The molecular formula is C72H136O17P2. The summed E-state index contributed by atoms with van der Waals surface area (Å²) in [6, 6.07) is 0. The highest BCUT2D eigenvalue weighted by molar-refractivity contribution is 7.47. The van der Waals surface area contributed by atoms with Crippen molar-refractivity contribution in [2.45, 2.75) is 368 Å². The third-order valence-corrected chi connectivity index (χ3v) is 18.1. The van der Waals surface area contributed by atoms with Crippen molar-refractivity contribution in [3.63, 3.8) is 0 Å². The van der Waals surface area contributed by atoms with Crippen LogP contribution in [0.4, 0.5) is 0 Å². The van der Waals surface area contributed by atoms with Gasteiger partial charge in [-0.2, -0.15) is 0 Å². The van der Waals surface area contributed by atoms with Crippen molar-refractivity contribution in [3.8, 4) is 0 Å². The van der Waals surface area contributed by atoms with Crippen molar-refractivity contribution in [2.75, 3.05) is 39.6 Å². The van der Waals surface area contributed by atoms with Crippen molar-refractivity contribution in [3.05, 3.63) is 24.3 Å². The number of hydrogen-bond acceptors (Lipinski definition) is 15. The summed E-state index contributed by atoms with van der Waals surface area (Å²) in [4.78, 5) is 72.6. The summed E-state index contributed by atoms with van der Waals surface area (Å²) in [5.41, 5.74) is 0. The zero-order valence-corrected chi connectivity index (χ0v) is 60.3. The van der Waals surface area contributed by atoms with Crippen molar-refractivity contribution >= 4 is 39.5 Å². The Morgan fingerprint density at radius 1 is 0.341 bits per heavy atom. The van der Waals surface area contributed by atoms with Gasteiger partial charge in [0.2, 0.25) is 0 Å². The Kier molecular flexibility index (Phi) is 63.1. The maximum absolute atomic E-state index is 13.0. The number of esters is 4. The van der Waals surface area contributed by atoms with Crippen LogP contribution in [0.3, 0.4) is 0 Å². The second kappa shape index (κ2) is 64.9. The van der Waals surface area contributed by atoms with Crippen LogP contribution in [0.1, 0.15) is 349 Å². The Balaban J connectivity index is 5.29. The fraction of sp³-hybridized carbons (Fsp3) is 0.889. The topological polar surface area (TPSA) is 237 Å². The molecule has 0 radical (unpaired) electrons. The molecule has 0 heterocycles. The molecule has 5 atom stereocenters. The summed E-state index contributed by atoms with van der Waals surface area (Å²) in [6.07, 6.45) is 54.7. The molecule has 0 rings (SSSR count). The maximum Gasteiger partial charge on any atom is 0.472 e. The maximum atomic E-state index is 13.0. The summed E-state index contributed by atoms with van der Waals surface area (Å²) < 4.78 is 68.3. The number of hydrogen-bond donors (Lipinski definition) is 3. The number of allylic oxidation sites excluding steroid dienone is 4. The van der Waals surface area contributed by atoms with Gasteiger partial charge in [-0.3, -0.25) is 37.3 Å². The fourth-order valence-electron chi connectivity index (χ4n) is 10.5. The van der Waals surface area contributed by atoms with Gasteiger partial charge >= 0.3 is 39.5 Å². The minimum Gasteiger partial charge on any atom is -0.462 e. The second-order valence-corrected chi connectivity index (χ2v) is 28.7. The van der Waals surface area contributed by atoms with E-state index in [1.165, 1.54) is 161 Å². The molecule has 0 aliphatic heterocycles. The molecule has 0 fully saturated rings. The Hall–Kier alpha value is -2.46. The smallest absolute Gasteiger partial charge is 0.462 e. The molecule has 0 saturated carbocycles. The molecule has 3 N–H and O–H groups in total. The van der Waals surface area contributed by atoms with Crippen LogP contribution < -0.4 is 0 Å². The molecular weight excluding hydrogens is 1200 g/mol. The van der Waals surface area contributed by atoms with Gasteiger partial charge in [-0.05, 0) is 57.3 Å². The van der Waals surface area contributed by atoms with E-state index in [4.69, 9.17) is 37.0 Å². The zero-order chi connectivity index (χ0) is 67.0. The van der Waals surface area contributed by atoms with Crippen molar-refractivity contribution in [1.29, 1.82) is 0 Å². The molecule has 0 aromatic heterocycles. The first kappa shape index (κ1) is 88.5. The van der Waals surface area contributed by atoms with Crippen molar-refractivity contribution in [1.82, 2.24) is 0 Å². The van der Waals surface area contributed by atoms with Crippen LogP contribution in [0.25, 0.3) is 0 Å².